The second kappa shape index (κ2) is 6.07. The molecular formula is C16H21NO3. The van der Waals surface area contributed by atoms with Crippen LogP contribution in [0.1, 0.15) is 48.2 Å². The summed E-state index contributed by atoms with van der Waals surface area (Å²) in [6.07, 6.45) is 2.11. The minimum Gasteiger partial charge on any atom is -0.478 e. The number of carbonyl (C=O) groups is 2. The Morgan fingerprint density at radius 1 is 1.35 bits per heavy atom. The molecule has 1 aromatic rings. The highest BCUT2D eigenvalue weighted by molar-refractivity contribution is 5.90. The fraction of sp³-hybridized carbons (Fsp3) is 0.500. The number of carboxylic acid groups (broad SMARTS) is 1. The summed E-state index contributed by atoms with van der Waals surface area (Å²) < 4.78 is 0. The molecular weight excluding hydrogens is 254 g/mol. The monoisotopic (exact) mass is 275 g/mol. The van der Waals surface area contributed by atoms with E-state index in [1.807, 2.05) is 11.0 Å². The Morgan fingerprint density at radius 3 is 2.75 bits per heavy atom. The van der Waals surface area contributed by atoms with E-state index in [-0.39, 0.29) is 5.91 Å². The Hall–Kier alpha value is -1.84. The summed E-state index contributed by atoms with van der Waals surface area (Å²) >= 11 is 0. The van der Waals surface area contributed by atoms with E-state index in [1.165, 1.54) is 0 Å². The molecule has 2 rings (SSSR count). The molecule has 4 nitrogen and oxygen atoms in total. The van der Waals surface area contributed by atoms with Crippen LogP contribution in [0, 0.1) is 5.92 Å². The lowest BCUT2D eigenvalue weighted by molar-refractivity contribution is -0.132. The van der Waals surface area contributed by atoms with Crippen molar-refractivity contribution in [3.05, 3.63) is 34.9 Å². The van der Waals surface area contributed by atoms with Gasteiger partial charge in [0.1, 0.15) is 0 Å². The molecule has 1 heterocycles. The highest BCUT2D eigenvalue weighted by atomic mass is 16.4. The van der Waals surface area contributed by atoms with Crippen molar-refractivity contribution >= 4 is 11.9 Å². The fourth-order valence-electron chi connectivity index (χ4n) is 2.59. The minimum atomic E-state index is -0.888. The third-order valence-corrected chi connectivity index (χ3v) is 3.78. The predicted octanol–water partition coefficient (Wildman–Crippen LogP) is 2.71. The Balaban J connectivity index is 2.10. The van der Waals surface area contributed by atoms with Crippen LogP contribution >= 0.6 is 0 Å². The number of fused-ring (bicyclic) bond motifs is 1. The van der Waals surface area contributed by atoms with Crippen molar-refractivity contribution in [3.8, 4) is 0 Å². The summed E-state index contributed by atoms with van der Waals surface area (Å²) in [7, 11) is 0. The molecule has 108 valence electrons. The van der Waals surface area contributed by atoms with Crippen LogP contribution in [0.25, 0.3) is 0 Å². The fourth-order valence-corrected chi connectivity index (χ4v) is 2.59. The zero-order valence-electron chi connectivity index (χ0n) is 12.1. The van der Waals surface area contributed by atoms with Crippen LogP contribution < -0.4 is 0 Å². The number of nitrogens with zero attached hydrogens (tertiary/aromatic N) is 1. The van der Waals surface area contributed by atoms with E-state index in [0.717, 1.165) is 17.5 Å². The van der Waals surface area contributed by atoms with E-state index in [4.69, 9.17) is 0 Å². The maximum Gasteiger partial charge on any atom is 0.335 e. The molecule has 1 aliphatic heterocycles. The summed E-state index contributed by atoms with van der Waals surface area (Å²) in [5.41, 5.74) is 2.22. The zero-order chi connectivity index (χ0) is 14.7. The van der Waals surface area contributed by atoms with Crippen LogP contribution in [-0.4, -0.2) is 28.4 Å². The molecule has 0 radical (unpaired) electrons. The van der Waals surface area contributed by atoms with Gasteiger partial charge in [0.2, 0.25) is 5.91 Å². The number of hydrogen-bond acceptors (Lipinski definition) is 2. The smallest absolute Gasteiger partial charge is 0.335 e. The largest absolute Gasteiger partial charge is 0.478 e. The summed E-state index contributed by atoms with van der Waals surface area (Å²) in [5, 5.41) is 9.18. The van der Waals surface area contributed by atoms with E-state index in [9.17, 15) is 14.7 Å². The third-order valence-electron chi connectivity index (χ3n) is 3.78. The summed E-state index contributed by atoms with van der Waals surface area (Å²) in [5.74, 6) is -0.193. The van der Waals surface area contributed by atoms with Gasteiger partial charge >= 0.3 is 5.97 Å². The third kappa shape index (κ3) is 3.18. The lowest BCUT2D eigenvalue weighted by Crippen LogP contribution is -2.36. The van der Waals surface area contributed by atoms with E-state index in [0.29, 0.717) is 37.4 Å². The van der Waals surface area contributed by atoms with Crippen LogP contribution in [0.2, 0.25) is 0 Å². The lowest BCUT2D eigenvalue weighted by atomic mass is 9.94. The molecule has 4 heteroatoms. The summed E-state index contributed by atoms with van der Waals surface area (Å²) in [6.45, 7) is 5.37. The van der Waals surface area contributed by atoms with Gasteiger partial charge in [-0.1, -0.05) is 26.0 Å². The molecule has 0 spiro atoms. The van der Waals surface area contributed by atoms with Crippen molar-refractivity contribution in [1.82, 2.24) is 4.90 Å². The molecule has 1 aromatic carbocycles. The maximum atomic E-state index is 12.1. The molecule has 1 amide bonds. The molecule has 0 bridgehead atoms. The van der Waals surface area contributed by atoms with Crippen LogP contribution in [0.4, 0.5) is 0 Å². The van der Waals surface area contributed by atoms with Crippen LogP contribution in [0.3, 0.4) is 0 Å². The highest BCUT2D eigenvalue weighted by Crippen LogP contribution is 2.23. The maximum absolute atomic E-state index is 12.1. The van der Waals surface area contributed by atoms with Crippen molar-refractivity contribution in [2.45, 2.75) is 39.7 Å². The Morgan fingerprint density at radius 2 is 2.10 bits per heavy atom. The number of rotatable bonds is 4. The average molecular weight is 275 g/mol. The van der Waals surface area contributed by atoms with Gasteiger partial charge in [0.15, 0.2) is 0 Å². The van der Waals surface area contributed by atoms with Crippen molar-refractivity contribution in [2.75, 3.05) is 6.54 Å². The van der Waals surface area contributed by atoms with Gasteiger partial charge in [-0.2, -0.15) is 0 Å². The second-order valence-corrected chi connectivity index (χ2v) is 5.75. The molecule has 0 aliphatic carbocycles. The topological polar surface area (TPSA) is 57.6 Å². The van der Waals surface area contributed by atoms with Gasteiger partial charge in [0, 0.05) is 19.5 Å². The molecule has 0 fully saturated rings. The van der Waals surface area contributed by atoms with E-state index in [1.54, 1.807) is 12.1 Å². The first-order chi connectivity index (χ1) is 9.49. The Labute approximate surface area is 119 Å². The van der Waals surface area contributed by atoms with E-state index in [2.05, 4.69) is 13.8 Å². The van der Waals surface area contributed by atoms with Gasteiger partial charge in [-0.3, -0.25) is 4.79 Å². The number of amides is 1. The molecule has 1 N–H and O–H groups in total. The first kappa shape index (κ1) is 14.6. The Bertz CT molecular complexity index is 522. The summed E-state index contributed by atoms with van der Waals surface area (Å²) in [4.78, 5) is 25.2. The normalized spacial score (nSPS) is 14.2. The zero-order valence-corrected chi connectivity index (χ0v) is 12.1. The molecule has 0 unspecified atom stereocenters. The molecule has 0 atom stereocenters. The summed E-state index contributed by atoms with van der Waals surface area (Å²) in [6, 6.07) is 5.31. The van der Waals surface area contributed by atoms with Crippen molar-refractivity contribution in [3.63, 3.8) is 0 Å². The van der Waals surface area contributed by atoms with Gasteiger partial charge in [-0.15, -0.1) is 0 Å². The first-order valence-corrected chi connectivity index (χ1v) is 7.11. The standard InChI is InChI=1S/C16H21NO3/c1-11(2)6-7-15(18)17-9-8-13-12(10-17)4-3-5-14(13)16(19)20/h3-5,11H,6-10H2,1-2H3,(H,19,20). The first-order valence-electron chi connectivity index (χ1n) is 7.11. The van der Waals surface area contributed by atoms with Gasteiger partial charge in [-0.25, -0.2) is 4.79 Å². The highest BCUT2D eigenvalue weighted by Gasteiger charge is 2.23. The minimum absolute atomic E-state index is 0.171. The van der Waals surface area contributed by atoms with Gasteiger partial charge in [0.25, 0.3) is 0 Å². The van der Waals surface area contributed by atoms with Crippen LogP contribution in [0.15, 0.2) is 18.2 Å². The van der Waals surface area contributed by atoms with E-state index < -0.39 is 5.97 Å². The number of carbonyl (C=O) groups excluding carboxylic acids is 1. The number of benzene rings is 1. The molecule has 0 aromatic heterocycles. The second-order valence-electron chi connectivity index (χ2n) is 5.75. The number of hydrogen-bond donors (Lipinski definition) is 1. The van der Waals surface area contributed by atoms with Crippen molar-refractivity contribution in [1.29, 1.82) is 0 Å². The van der Waals surface area contributed by atoms with Gasteiger partial charge < -0.3 is 10.0 Å². The van der Waals surface area contributed by atoms with Crippen molar-refractivity contribution < 1.29 is 14.7 Å². The molecule has 20 heavy (non-hydrogen) atoms. The SMILES string of the molecule is CC(C)CCC(=O)N1CCc2c(cccc2C(=O)O)C1. The van der Waals surface area contributed by atoms with Crippen LogP contribution in [-0.2, 0) is 17.8 Å². The van der Waals surface area contributed by atoms with Gasteiger partial charge in [-0.05, 0) is 36.0 Å². The van der Waals surface area contributed by atoms with Gasteiger partial charge in [0.05, 0.1) is 5.56 Å². The predicted molar refractivity (Wildman–Crippen MR) is 76.6 cm³/mol. The Kier molecular flexibility index (Phi) is 4.42. The van der Waals surface area contributed by atoms with Crippen LogP contribution in [0.5, 0.6) is 0 Å². The average Bonchev–Trinajstić information content (AvgIpc) is 2.43. The number of carboxylic acids is 1. The van der Waals surface area contributed by atoms with E-state index >= 15 is 0 Å². The van der Waals surface area contributed by atoms with Crippen molar-refractivity contribution in [2.24, 2.45) is 5.92 Å². The quantitative estimate of drug-likeness (QED) is 0.919. The molecule has 0 saturated carbocycles. The molecule has 1 aliphatic rings. The number of aromatic carboxylic acids is 1. The lowest BCUT2D eigenvalue weighted by Gasteiger charge is -2.30. The molecule has 0 saturated heterocycles.